The molecule has 2 N–H and O–H groups in total. The normalized spacial score (nSPS) is 20.5. The molecule has 3 unspecified atom stereocenters. The largest absolute Gasteiger partial charge is 0.497 e. The van der Waals surface area contributed by atoms with Crippen molar-refractivity contribution in [3.05, 3.63) is 23.8 Å². The van der Waals surface area contributed by atoms with E-state index in [4.69, 9.17) is 19.3 Å². The first-order valence-electron chi connectivity index (χ1n) is 7.25. The summed E-state index contributed by atoms with van der Waals surface area (Å²) in [7, 11) is 4.54. The van der Waals surface area contributed by atoms with E-state index in [1.54, 1.807) is 26.4 Å². The molecule has 1 saturated carbocycles. The third kappa shape index (κ3) is 3.92. The maximum Gasteiger partial charge on any atom is 0.328 e. The van der Waals surface area contributed by atoms with E-state index in [0.29, 0.717) is 17.9 Å². The second-order valence-corrected chi connectivity index (χ2v) is 5.41. The van der Waals surface area contributed by atoms with E-state index in [1.165, 1.54) is 7.11 Å². The molecule has 3 atom stereocenters. The van der Waals surface area contributed by atoms with Gasteiger partial charge in [-0.3, -0.25) is 4.79 Å². The summed E-state index contributed by atoms with van der Waals surface area (Å²) in [6.45, 7) is -0.0685. The predicted molar refractivity (Wildman–Crippen MR) is 81.8 cm³/mol. The number of carboxylic acids is 1. The zero-order valence-electron chi connectivity index (χ0n) is 13.4. The predicted octanol–water partition coefficient (Wildman–Crippen LogP) is 1.02. The topological polar surface area (TPSA) is 94.1 Å². The second kappa shape index (κ2) is 7.32. The van der Waals surface area contributed by atoms with Crippen LogP contribution in [0.15, 0.2) is 18.2 Å². The highest BCUT2D eigenvalue weighted by Gasteiger charge is 2.46. The first-order chi connectivity index (χ1) is 11.0. The average molecular weight is 323 g/mol. The maximum atomic E-state index is 12.2. The number of carbonyl (C=O) groups excluding carboxylic acids is 1. The number of nitrogens with one attached hydrogen (secondary N) is 1. The number of hydrogen-bond acceptors (Lipinski definition) is 5. The number of benzene rings is 1. The van der Waals surface area contributed by atoms with Crippen molar-refractivity contribution in [2.24, 2.45) is 5.92 Å². The van der Waals surface area contributed by atoms with Gasteiger partial charge in [-0.25, -0.2) is 4.79 Å². The molecule has 0 radical (unpaired) electrons. The van der Waals surface area contributed by atoms with Crippen molar-refractivity contribution in [2.45, 2.75) is 18.4 Å². The van der Waals surface area contributed by atoms with Gasteiger partial charge in [0.1, 0.15) is 11.5 Å². The van der Waals surface area contributed by atoms with Crippen LogP contribution in [0, 0.1) is 5.92 Å². The van der Waals surface area contributed by atoms with Crippen LogP contribution in [0.4, 0.5) is 0 Å². The molecule has 0 bridgehead atoms. The molecule has 126 valence electrons. The van der Waals surface area contributed by atoms with Gasteiger partial charge in [-0.15, -0.1) is 0 Å². The molecular formula is C16H21NO6. The van der Waals surface area contributed by atoms with E-state index < -0.39 is 12.0 Å². The number of ether oxygens (including phenoxy) is 3. The summed E-state index contributed by atoms with van der Waals surface area (Å²) < 4.78 is 15.3. The van der Waals surface area contributed by atoms with Gasteiger partial charge in [-0.1, -0.05) is 0 Å². The van der Waals surface area contributed by atoms with Crippen molar-refractivity contribution < 1.29 is 28.9 Å². The molecule has 0 aromatic heterocycles. The minimum Gasteiger partial charge on any atom is -0.497 e. The number of amides is 1. The average Bonchev–Trinajstić information content (AvgIpc) is 3.34. The minimum absolute atomic E-state index is 0.00274. The Morgan fingerprint density at radius 1 is 1.30 bits per heavy atom. The summed E-state index contributed by atoms with van der Waals surface area (Å²) in [5.74, 6) is -0.292. The van der Waals surface area contributed by atoms with Gasteiger partial charge in [0.2, 0.25) is 5.91 Å². The lowest BCUT2D eigenvalue weighted by molar-refractivity contribution is -0.143. The van der Waals surface area contributed by atoms with Crippen molar-refractivity contribution in [2.75, 3.05) is 27.9 Å². The summed E-state index contributed by atoms with van der Waals surface area (Å²) in [4.78, 5) is 23.3. The molecule has 1 aromatic carbocycles. The SMILES string of the molecule is COCC(NC(=O)C1CC1c1cc(OC)ccc1OC)C(=O)O. The summed E-state index contributed by atoms with van der Waals surface area (Å²) in [6, 6.07) is 4.40. The van der Waals surface area contributed by atoms with Crippen LogP contribution in [0.2, 0.25) is 0 Å². The Morgan fingerprint density at radius 3 is 2.61 bits per heavy atom. The fourth-order valence-electron chi connectivity index (χ4n) is 2.58. The zero-order chi connectivity index (χ0) is 17.0. The number of carboxylic acid groups (broad SMARTS) is 1. The van der Waals surface area contributed by atoms with Crippen LogP contribution >= 0.6 is 0 Å². The molecule has 0 heterocycles. The molecule has 7 heteroatoms. The Balaban J connectivity index is 2.06. The van der Waals surface area contributed by atoms with Gasteiger partial charge >= 0.3 is 5.97 Å². The quantitative estimate of drug-likeness (QED) is 0.742. The lowest BCUT2D eigenvalue weighted by atomic mass is 10.1. The zero-order valence-corrected chi connectivity index (χ0v) is 13.4. The number of rotatable bonds is 8. The third-order valence-electron chi connectivity index (χ3n) is 3.91. The first kappa shape index (κ1) is 17.1. The number of hydrogen-bond donors (Lipinski definition) is 2. The molecule has 7 nitrogen and oxygen atoms in total. The van der Waals surface area contributed by atoms with Gasteiger partial charge in [0.15, 0.2) is 6.04 Å². The van der Waals surface area contributed by atoms with Crippen molar-refractivity contribution >= 4 is 11.9 Å². The standard InChI is InChI=1S/C16H21NO6/c1-21-8-13(16(19)20)17-15(18)12-7-10(12)11-6-9(22-2)4-5-14(11)23-3/h4-6,10,12-13H,7-8H2,1-3H3,(H,17,18)(H,19,20). The number of carbonyl (C=O) groups is 2. The highest BCUT2D eigenvalue weighted by molar-refractivity contribution is 5.87. The molecule has 1 aromatic rings. The van der Waals surface area contributed by atoms with E-state index >= 15 is 0 Å². The lowest BCUT2D eigenvalue weighted by Crippen LogP contribution is -2.44. The van der Waals surface area contributed by atoms with Gasteiger partial charge in [0, 0.05) is 24.5 Å². The maximum absolute atomic E-state index is 12.2. The molecule has 1 aliphatic rings. The van der Waals surface area contributed by atoms with Gasteiger partial charge in [-0.2, -0.15) is 0 Å². The Hall–Kier alpha value is -2.28. The highest BCUT2D eigenvalue weighted by atomic mass is 16.5. The molecule has 1 aliphatic carbocycles. The van der Waals surface area contributed by atoms with Crippen molar-refractivity contribution in [3.63, 3.8) is 0 Å². The summed E-state index contributed by atoms with van der Waals surface area (Å²) >= 11 is 0. The molecule has 23 heavy (non-hydrogen) atoms. The van der Waals surface area contributed by atoms with E-state index in [-0.39, 0.29) is 24.3 Å². The van der Waals surface area contributed by atoms with Crippen LogP contribution in [0.3, 0.4) is 0 Å². The van der Waals surface area contributed by atoms with Crippen LogP contribution in [-0.2, 0) is 14.3 Å². The molecule has 1 amide bonds. The summed E-state index contributed by atoms with van der Waals surface area (Å²) in [5.41, 5.74) is 0.894. The van der Waals surface area contributed by atoms with Crippen molar-refractivity contribution in [3.8, 4) is 11.5 Å². The first-order valence-corrected chi connectivity index (χ1v) is 7.25. The third-order valence-corrected chi connectivity index (χ3v) is 3.91. The van der Waals surface area contributed by atoms with Crippen LogP contribution in [0.1, 0.15) is 17.9 Å². The van der Waals surface area contributed by atoms with Crippen molar-refractivity contribution in [1.82, 2.24) is 5.32 Å². The molecular weight excluding hydrogens is 302 g/mol. The Bertz CT molecular complexity index is 588. The summed E-state index contributed by atoms with van der Waals surface area (Å²) in [5, 5.41) is 11.6. The minimum atomic E-state index is -1.11. The van der Waals surface area contributed by atoms with Crippen LogP contribution < -0.4 is 14.8 Å². The Labute approximate surface area is 134 Å². The van der Waals surface area contributed by atoms with Crippen LogP contribution in [0.5, 0.6) is 11.5 Å². The van der Waals surface area contributed by atoms with E-state index in [2.05, 4.69) is 5.32 Å². The molecule has 1 fully saturated rings. The van der Waals surface area contributed by atoms with Gasteiger partial charge < -0.3 is 24.6 Å². The van der Waals surface area contributed by atoms with Gasteiger partial charge in [0.25, 0.3) is 0 Å². The van der Waals surface area contributed by atoms with E-state index in [1.807, 2.05) is 6.07 Å². The van der Waals surface area contributed by atoms with Crippen LogP contribution in [0.25, 0.3) is 0 Å². The molecule has 2 rings (SSSR count). The molecule has 0 saturated heterocycles. The second-order valence-electron chi connectivity index (χ2n) is 5.41. The van der Waals surface area contributed by atoms with Crippen LogP contribution in [-0.4, -0.2) is 51.0 Å². The smallest absolute Gasteiger partial charge is 0.328 e. The Kier molecular flexibility index (Phi) is 5.44. The number of aliphatic carboxylic acids is 1. The van der Waals surface area contributed by atoms with E-state index in [9.17, 15) is 9.59 Å². The van der Waals surface area contributed by atoms with Gasteiger partial charge in [0.05, 0.1) is 20.8 Å². The fraction of sp³-hybridized carbons (Fsp3) is 0.500. The number of methoxy groups -OCH3 is 3. The molecule has 0 aliphatic heterocycles. The monoisotopic (exact) mass is 323 g/mol. The highest BCUT2D eigenvalue weighted by Crippen LogP contribution is 2.51. The van der Waals surface area contributed by atoms with Crippen molar-refractivity contribution in [1.29, 1.82) is 0 Å². The fourth-order valence-corrected chi connectivity index (χ4v) is 2.58. The lowest BCUT2D eigenvalue weighted by Gasteiger charge is -2.14. The van der Waals surface area contributed by atoms with E-state index in [0.717, 1.165) is 5.56 Å². The van der Waals surface area contributed by atoms with Gasteiger partial charge in [-0.05, 0) is 24.6 Å². The molecule has 0 spiro atoms. The Morgan fingerprint density at radius 2 is 2.04 bits per heavy atom. The summed E-state index contributed by atoms with van der Waals surface area (Å²) in [6.07, 6.45) is 0.648.